The average Bonchev–Trinajstić information content (AvgIpc) is 2.40. The normalized spacial score (nSPS) is 23.1. The molecule has 1 rings (SSSR count). The lowest BCUT2D eigenvalue weighted by molar-refractivity contribution is -0.145. The highest BCUT2D eigenvalue weighted by Gasteiger charge is 2.26. The maximum Gasteiger partial charge on any atom is 0.326 e. The van der Waals surface area contributed by atoms with E-state index in [0.29, 0.717) is 0 Å². The first-order valence-corrected chi connectivity index (χ1v) is 7.44. The van der Waals surface area contributed by atoms with Gasteiger partial charge in [0.25, 0.3) is 0 Å². The Hall–Kier alpha value is -1.79. The third-order valence-electron chi connectivity index (χ3n) is 3.86. The zero-order valence-electron chi connectivity index (χ0n) is 12.3. The lowest BCUT2D eigenvalue weighted by atomic mass is 9.83. The molecule has 2 amide bonds. The van der Waals surface area contributed by atoms with Crippen molar-refractivity contribution in [2.24, 2.45) is 5.92 Å². The molecular weight excluding hydrogens is 276 g/mol. The number of carbonyl (C=O) groups is 3. The van der Waals surface area contributed by atoms with Gasteiger partial charge in [0.1, 0.15) is 6.04 Å². The molecule has 21 heavy (non-hydrogen) atoms. The van der Waals surface area contributed by atoms with Crippen molar-refractivity contribution >= 4 is 18.0 Å². The highest BCUT2D eigenvalue weighted by Crippen LogP contribution is 2.27. The Bertz CT molecular complexity index is 378. The first-order valence-electron chi connectivity index (χ1n) is 7.44. The summed E-state index contributed by atoms with van der Waals surface area (Å²) in [6.07, 6.45) is 5.64. The molecule has 0 unspecified atom stereocenters. The average molecular weight is 300 g/mol. The molecule has 7 nitrogen and oxygen atoms in total. The van der Waals surface area contributed by atoms with Crippen molar-refractivity contribution in [3.8, 4) is 0 Å². The summed E-state index contributed by atoms with van der Waals surface area (Å²) in [6, 6.07) is -1.97. The third-order valence-corrected chi connectivity index (χ3v) is 3.86. The molecule has 0 aromatic heterocycles. The molecular formula is C14H24N2O5. The van der Waals surface area contributed by atoms with Crippen LogP contribution in [-0.2, 0) is 9.59 Å². The molecule has 0 aromatic carbocycles. The Morgan fingerprint density at radius 1 is 1.14 bits per heavy atom. The number of hydrogen-bond acceptors (Lipinski definition) is 3. The molecule has 0 heterocycles. The van der Waals surface area contributed by atoms with Gasteiger partial charge in [-0.05, 0) is 31.6 Å². The second-order valence-electron chi connectivity index (χ2n) is 5.61. The van der Waals surface area contributed by atoms with Crippen molar-refractivity contribution in [3.63, 3.8) is 0 Å². The molecule has 1 atom stereocenters. The first kappa shape index (κ1) is 17.3. The molecule has 1 aliphatic carbocycles. The second kappa shape index (κ2) is 8.49. The second-order valence-corrected chi connectivity index (χ2v) is 5.61. The van der Waals surface area contributed by atoms with Crippen molar-refractivity contribution in [2.45, 2.75) is 64.0 Å². The number of carbonyl (C=O) groups excluding carboxylic acids is 1. The summed E-state index contributed by atoms with van der Waals surface area (Å²) < 4.78 is 0. The van der Waals surface area contributed by atoms with Gasteiger partial charge in [-0.3, -0.25) is 4.79 Å². The minimum atomic E-state index is -1.40. The van der Waals surface area contributed by atoms with Crippen LogP contribution in [-0.4, -0.2) is 40.3 Å². The van der Waals surface area contributed by atoms with Crippen LogP contribution in [0.5, 0.6) is 0 Å². The minimum absolute atomic E-state index is 0.0392. The first-order chi connectivity index (χ1) is 9.92. The summed E-state index contributed by atoms with van der Waals surface area (Å²) in [5.41, 5.74) is 0. The van der Waals surface area contributed by atoms with E-state index in [-0.39, 0.29) is 6.04 Å². The Balaban J connectivity index is 2.36. The Kier molecular flexibility index (Phi) is 6.98. The third kappa shape index (κ3) is 6.46. The number of carboxylic acids is 2. The maximum absolute atomic E-state index is 11.7. The summed E-state index contributed by atoms with van der Waals surface area (Å²) in [7, 11) is 0. The van der Waals surface area contributed by atoms with E-state index in [1.165, 1.54) is 12.8 Å². The number of hydrogen-bond donors (Lipinski definition) is 4. The fraction of sp³-hybridized carbons (Fsp3) is 0.786. The lowest BCUT2D eigenvalue weighted by Crippen LogP contribution is -2.50. The smallest absolute Gasteiger partial charge is 0.326 e. The quantitative estimate of drug-likeness (QED) is 0.569. The van der Waals surface area contributed by atoms with Crippen LogP contribution in [0.25, 0.3) is 0 Å². The number of urea groups is 1. The standard InChI is InChI=1S/C14H24N2O5/c1-2-3-9-4-6-10(7-5-9)15-14(21)16-11(13(19)20)8-12(17)18/h9-11H,2-8H2,1H3,(H,17,18)(H,19,20)(H2,15,16,21)/t9?,10?,11-/m0/s1. The van der Waals surface area contributed by atoms with Crippen LogP contribution in [0.2, 0.25) is 0 Å². The predicted octanol–water partition coefficient (Wildman–Crippen LogP) is 1.57. The zero-order valence-corrected chi connectivity index (χ0v) is 12.3. The van der Waals surface area contributed by atoms with E-state index in [9.17, 15) is 14.4 Å². The molecule has 1 aliphatic rings. The number of aliphatic carboxylic acids is 2. The predicted molar refractivity (Wildman–Crippen MR) is 76.0 cm³/mol. The van der Waals surface area contributed by atoms with E-state index in [2.05, 4.69) is 17.6 Å². The number of rotatable bonds is 7. The molecule has 120 valence electrons. The van der Waals surface area contributed by atoms with E-state index in [1.807, 2.05) is 0 Å². The molecule has 7 heteroatoms. The Labute approximate surface area is 124 Å². The van der Waals surface area contributed by atoms with Gasteiger partial charge in [-0.2, -0.15) is 0 Å². The zero-order chi connectivity index (χ0) is 15.8. The summed E-state index contributed by atoms with van der Waals surface area (Å²) in [6.45, 7) is 2.16. The van der Waals surface area contributed by atoms with Crippen LogP contribution in [0.3, 0.4) is 0 Å². The molecule has 0 bridgehead atoms. The molecule has 0 aliphatic heterocycles. The van der Waals surface area contributed by atoms with Crippen LogP contribution in [0.1, 0.15) is 51.9 Å². The molecule has 0 saturated heterocycles. The van der Waals surface area contributed by atoms with E-state index in [0.717, 1.165) is 31.6 Å². The Morgan fingerprint density at radius 2 is 1.76 bits per heavy atom. The largest absolute Gasteiger partial charge is 0.481 e. The van der Waals surface area contributed by atoms with Gasteiger partial charge in [0.2, 0.25) is 0 Å². The monoisotopic (exact) mass is 300 g/mol. The number of carboxylic acid groups (broad SMARTS) is 2. The van der Waals surface area contributed by atoms with Crippen molar-refractivity contribution in [2.75, 3.05) is 0 Å². The van der Waals surface area contributed by atoms with E-state index < -0.39 is 30.4 Å². The van der Waals surface area contributed by atoms with Gasteiger partial charge in [0.05, 0.1) is 6.42 Å². The van der Waals surface area contributed by atoms with E-state index in [1.54, 1.807) is 0 Å². The molecule has 0 aromatic rings. The Morgan fingerprint density at radius 3 is 2.24 bits per heavy atom. The summed E-state index contributed by atoms with van der Waals surface area (Å²) in [5, 5.41) is 22.4. The molecule has 1 saturated carbocycles. The molecule has 0 radical (unpaired) electrons. The SMILES string of the molecule is CCCC1CCC(NC(=O)N[C@@H](CC(=O)O)C(=O)O)CC1. The van der Waals surface area contributed by atoms with Crippen molar-refractivity contribution in [1.82, 2.24) is 10.6 Å². The van der Waals surface area contributed by atoms with Gasteiger partial charge in [0.15, 0.2) is 0 Å². The van der Waals surface area contributed by atoms with Crippen LogP contribution in [0, 0.1) is 5.92 Å². The van der Waals surface area contributed by atoms with Gasteiger partial charge in [-0.25, -0.2) is 9.59 Å². The fourth-order valence-electron chi connectivity index (χ4n) is 2.76. The maximum atomic E-state index is 11.7. The molecule has 4 N–H and O–H groups in total. The van der Waals surface area contributed by atoms with Crippen molar-refractivity contribution in [1.29, 1.82) is 0 Å². The van der Waals surface area contributed by atoms with Crippen molar-refractivity contribution in [3.05, 3.63) is 0 Å². The van der Waals surface area contributed by atoms with Crippen LogP contribution in [0.4, 0.5) is 4.79 Å². The summed E-state index contributed by atoms with van der Waals surface area (Å²) in [4.78, 5) is 33.2. The highest BCUT2D eigenvalue weighted by molar-refractivity contribution is 5.86. The van der Waals surface area contributed by atoms with Crippen LogP contribution in [0.15, 0.2) is 0 Å². The van der Waals surface area contributed by atoms with Gasteiger partial charge >= 0.3 is 18.0 Å². The van der Waals surface area contributed by atoms with Crippen LogP contribution < -0.4 is 10.6 Å². The van der Waals surface area contributed by atoms with Gasteiger partial charge in [-0.1, -0.05) is 19.8 Å². The topological polar surface area (TPSA) is 116 Å². The van der Waals surface area contributed by atoms with Gasteiger partial charge < -0.3 is 20.8 Å². The van der Waals surface area contributed by atoms with E-state index >= 15 is 0 Å². The van der Waals surface area contributed by atoms with E-state index in [4.69, 9.17) is 10.2 Å². The van der Waals surface area contributed by atoms with Gasteiger partial charge in [-0.15, -0.1) is 0 Å². The fourth-order valence-corrected chi connectivity index (χ4v) is 2.76. The molecule has 1 fully saturated rings. The highest BCUT2D eigenvalue weighted by atomic mass is 16.4. The number of nitrogens with one attached hydrogen (secondary N) is 2. The summed E-state index contributed by atoms with van der Waals surface area (Å²) >= 11 is 0. The molecule has 0 spiro atoms. The summed E-state index contributed by atoms with van der Waals surface area (Å²) in [5.74, 6) is -1.89. The van der Waals surface area contributed by atoms with Gasteiger partial charge in [0, 0.05) is 6.04 Å². The van der Waals surface area contributed by atoms with Crippen LogP contribution >= 0.6 is 0 Å². The number of amides is 2. The van der Waals surface area contributed by atoms with Crippen molar-refractivity contribution < 1.29 is 24.6 Å². The minimum Gasteiger partial charge on any atom is -0.481 e. The lowest BCUT2D eigenvalue weighted by Gasteiger charge is -2.29.